The van der Waals surface area contributed by atoms with Crippen molar-refractivity contribution in [2.24, 2.45) is 0 Å². The van der Waals surface area contributed by atoms with Crippen LogP contribution in [0.2, 0.25) is 0 Å². The Kier molecular flexibility index (Phi) is 7.02. The minimum absolute atomic E-state index is 0.0491. The summed E-state index contributed by atoms with van der Waals surface area (Å²) >= 11 is 3.37. The normalized spacial score (nSPS) is 11.0. The van der Waals surface area contributed by atoms with E-state index in [9.17, 15) is 9.59 Å². The molecule has 2 amide bonds. The smallest absolute Gasteiger partial charge is 0.260 e. The Balaban J connectivity index is 1.83. The van der Waals surface area contributed by atoms with Crippen LogP contribution in [0.1, 0.15) is 26.3 Å². The lowest BCUT2D eigenvalue weighted by Crippen LogP contribution is -2.37. The lowest BCUT2D eigenvalue weighted by molar-refractivity contribution is -0.135. The molecule has 2 rings (SSSR count). The van der Waals surface area contributed by atoms with Crippen LogP contribution in [-0.2, 0) is 15.0 Å². The number of rotatable bonds is 6. The summed E-state index contributed by atoms with van der Waals surface area (Å²) in [5.74, 6) is 0.0897. The minimum Gasteiger partial charge on any atom is -0.484 e. The number of amides is 2. The summed E-state index contributed by atoms with van der Waals surface area (Å²) in [7, 11) is 1.58. The maximum absolute atomic E-state index is 12.2. The van der Waals surface area contributed by atoms with E-state index in [1.165, 1.54) is 10.5 Å². The summed E-state index contributed by atoms with van der Waals surface area (Å²) in [6.45, 7) is 6.25. The minimum atomic E-state index is -0.271. The molecule has 0 fully saturated rings. The second kappa shape index (κ2) is 9.04. The van der Waals surface area contributed by atoms with Crippen molar-refractivity contribution < 1.29 is 14.3 Å². The van der Waals surface area contributed by atoms with Crippen LogP contribution in [0.5, 0.6) is 5.75 Å². The van der Waals surface area contributed by atoms with Gasteiger partial charge >= 0.3 is 0 Å². The molecule has 0 spiro atoms. The number of nitrogens with zero attached hydrogens (tertiary/aromatic N) is 1. The van der Waals surface area contributed by atoms with Crippen molar-refractivity contribution in [3.05, 3.63) is 58.6 Å². The van der Waals surface area contributed by atoms with Gasteiger partial charge in [-0.15, -0.1) is 0 Å². The molecule has 0 aromatic heterocycles. The van der Waals surface area contributed by atoms with E-state index in [1.807, 2.05) is 42.5 Å². The average molecular weight is 433 g/mol. The molecule has 0 radical (unpaired) electrons. The van der Waals surface area contributed by atoms with E-state index in [-0.39, 0.29) is 30.4 Å². The van der Waals surface area contributed by atoms with Crippen LogP contribution >= 0.6 is 15.9 Å². The largest absolute Gasteiger partial charge is 0.484 e. The number of nitrogens with one attached hydrogen (secondary N) is 1. The van der Waals surface area contributed by atoms with Crippen LogP contribution in [0.4, 0.5) is 5.69 Å². The molecule has 1 N–H and O–H groups in total. The zero-order chi connectivity index (χ0) is 20.0. The first-order chi connectivity index (χ1) is 12.7. The maximum atomic E-state index is 12.2. The fourth-order valence-corrected chi connectivity index (χ4v) is 2.75. The number of hydrogen-bond donors (Lipinski definition) is 1. The van der Waals surface area contributed by atoms with Crippen LogP contribution in [0, 0.1) is 0 Å². The van der Waals surface area contributed by atoms with E-state index in [0.29, 0.717) is 11.4 Å². The van der Waals surface area contributed by atoms with Gasteiger partial charge in [0.25, 0.3) is 5.91 Å². The van der Waals surface area contributed by atoms with Crippen LogP contribution in [0.25, 0.3) is 0 Å². The Morgan fingerprint density at radius 3 is 2.30 bits per heavy atom. The van der Waals surface area contributed by atoms with Crippen molar-refractivity contribution in [1.29, 1.82) is 0 Å². The number of carbonyl (C=O) groups excluding carboxylic acids is 2. The van der Waals surface area contributed by atoms with Crippen molar-refractivity contribution in [3.63, 3.8) is 0 Å². The summed E-state index contributed by atoms with van der Waals surface area (Å²) in [6.07, 6.45) is 0. The van der Waals surface area contributed by atoms with Gasteiger partial charge in [-0.3, -0.25) is 9.59 Å². The van der Waals surface area contributed by atoms with Gasteiger partial charge in [-0.05, 0) is 51.2 Å². The van der Waals surface area contributed by atoms with Gasteiger partial charge < -0.3 is 15.0 Å². The summed E-state index contributed by atoms with van der Waals surface area (Å²) in [6, 6.07) is 15.0. The number of likely N-dealkylation sites (N-methyl/N-ethyl adjacent to an activating group) is 1. The zero-order valence-electron chi connectivity index (χ0n) is 16.1. The maximum Gasteiger partial charge on any atom is 0.260 e. The third-order valence-corrected chi connectivity index (χ3v) is 4.73. The third kappa shape index (κ3) is 6.40. The van der Waals surface area contributed by atoms with Crippen LogP contribution in [0.3, 0.4) is 0 Å². The highest BCUT2D eigenvalue weighted by Crippen LogP contribution is 2.24. The van der Waals surface area contributed by atoms with Crippen LogP contribution < -0.4 is 10.1 Å². The Morgan fingerprint density at radius 2 is 1.70 bits per heavy atom. The lowest BCUT2D eigenvalue weighted by Gasteiger charge is -2.20. The molecule has 0 atom stereocenters. The van der Waals surface area contributed by atoms with Crippen molar-refractivity contribution in [2.75, 3.05) is 25.5 Å². The fraction of sp³-hybridized carbons (Fsp3) is 0.333. The second-order valence-corrected chi connectivity index (χ2v) is 8.20. The van der Waals surface area contributed by atoms with Crippen LogP contribution in [0.15, 0.2) is 53.0 Å². The molecule has 2 aromatic rings. The van der Waals surface area contributed by atoms with Gasteiger partial charge in [-0.2, -0.15) is 0 Å². The van der Waals surface area contributed by atoms with Gasteiger partial charge in [0, 0.05) is 11.5 Å². The van der Waals surface area contributed by atoms with Crippen molar-refractivity contribution in [2.45, 2.75) is 26.2 Å². The zero-order valence-corrected chi connectivity index (χ0v) is 17.7. The van der Waals surface area contributed by atoms with E-state index in [4.69, 9.17) is 4.74 Å². The van der Waals surface area contributed by atoms with E-state index in [2.05, 4.69) is 42.0 Å². The number of anilines is 1. The first-order valence-corrected chi connectivity index (χ1v) is 9.48. The van der Waals surface area contributed by atoms with E-state index in [0.717, 1.165) is 4.47 Å². The molecule has 144 valence electrons. The topological polar surface area (TPSA) is 58.6 Å². The molecule has 27 heavy (non-hydrogen) atoms. The predicted octanol–water partition coefficient (Wildman–Crippen LogP) is 4.22. The SMILES string of the molecule is CN(CC(=O)Nc1ccccc1Br)C(=O)COc1ccc(C(C)(C)C)cc1. The number of carbonyl (C=O) groups is 2. The van der Waals surface area contributed by atoms with E-state index in [1.54, 1.807) is 13.1 Å². The highest BCUT2D eigenvalue weighted by atomic mass is 79.9. The van der Waals surface area contributed by atoms with Gasteiger partial charge in [0.1, 0.15) is 5.75 Å². The third-order valence-electron chi connectivity index (χ3n) is 4.04. The summed E-state index contributed by atoms with van der Waals surface area (Å²) in [5, 5.41) is 2.77. The highest BCUT2D eigenvalue weighted by Gasteiger charge is 2.16. The quantitative estimate of drug-likeness (QED) is 0.742. The summed E-state index contributed by atoms with van der Waals surface area (Å²) in [5.41, 5.74) is 1.93. The average Bonchev–Trinajstić information content (AvgIpc) is 2.61. The molecule has 0 saturated heterocycles. The molecular weight excluding hydrogens is 408 g/mol. The molecule has 0 aliphatic rings. The second-order valence-electron chi connectivity index (χ2n) is 7.34. The molecule has 0 heterocycles. The molecular formula is C21H25BrN2O3. The lowest BCUT2D eigenvalue weighted by atomic mass is 9.87. The summed E-state index contributed by atoms with van der Waals surface area (Å²) < 4.78 is 6.33. The Morgan fingerprint density at radius 1 is 1.07 bits per heavy atom. The van der Waals surface area contributed by atoms with Gasteiger partial charge in [0.05, 0.1) is 12.2 Å². The molecule has 0 unspecified atom stereocenters. The fourth-order valence-electron chi connectivity index (χ4n) is 2.36. The molecule has 0 aliphatic heterocycles. The Labute approximate surface area is 168 Å². The summed E-state index contributed by atoms with van der Waals surface area (Å²) in [4.78, 5) is 25.7. The van der Waals surface area contributed by atoms with Gasteiger partial charge in [0.15, 0.2) is 6.61 Å². The number of benzene rings is 2. The van der Waals surface area contributed by atoms with Crippen LogP contribution in [-0.4, -0.2) is 36.9 Å². The van der Waals surface area contributed by atoms with Crippen molar-refractivity contribution >= 4 is 33.4 Å². The Hall–Kier alpha value is -2.34. The molecule has 6 heteroatoms. The van der Waals surface area contributed by atoms with E-state index >= 15 is 0 Å². The molecule has 0 aliphatic carbocycles. The molecule has 2 aromatic carbocycles. The number of para-hydroxylation sites is 1. The van der Waals surface area contributed by atoms with E-state index < -0.39 is 0 Å². The monoisotopic (exact) mass is 432 g/mol. The van der Waals surface area contributed by atoms with Gasteiger partial charge in [-0.1, -0.05) is 45.0 Å². The van der Waals surface area contributed by atoms with Gasteiger partial charge in [0.2, 0.25) is 5.91 Å². The molecule has 5 nitrogen and oxygen atoms in total. The molecule has 0 saturated carbocycles. The first kappa shape index (κ1) is 21.0. The first-order valence-electron chi connectivity index (χ1n) is 8.68. The number of halogens is 1. The number of hydrogen-bond acceptors (Lipinski definition) is 3. The Bertz CT molecular complexity index is 798. The highest BCUT2D eigenvalue weighted by molar-refractivity contribution is 9.10. The van der Waals surface area contributed by atoms with Crippen molar-refractivity contribution in [3.8, 4) is 5.75 Å². The number of ether oxygens (including phenoxy) is 1. The van der Waals surface area contributed by atoms with Gasteiger partial charge in [-0.25, -0.2) is 0 Å². The van der Waals surface area contributed by atoms with Crippen molar-refractivity contribution in [1.82, 2.24) is 4.90 Å². The molecule has 0 bridgehead atoms. The standard InChI is InChI=1S/C21H25BrN2O3/c1-21(2,3)15-9-11-16(12-10-15)27-14-20(26)24(4)13-19(25)23-18-8-6-5-7-17(18)22/h5-12H,13-14H2,1-4H3,(H,23,25). The predicted molar refractivity (Wildman–Crippen MR) is 111 cm³/mol.